The Hall–Kier alpha value is -0.910. The van der Waals surface area contributed by atoms with E-state index < -0.39 is 25.5 Å². The van der Waals surface area contributed by atoms with Crippen LogP contribution in [-0.4, -0.2) is 39.2 Å². The highest BCUT2D eigenvalue weighted by Gasteiger charge is 2.27. The molecule has 0 aromatic rings. The molecule has 1 unspecified atom stereocenters. The molecule has 0 aliphatic rings. The van der Waals surface area contributed by atoms with Crippen LogP contribution in [0.4, 0.5) is 0 Å². The van der Waals surface area contributed by atoms with Crippen LogP contribution in [0.1, 0.15) is 32.6 Å². The molecule has 17 heavy (non-hydrogen) atoms. The van der Waals surface area contributed by atoms with Crippen LogP contribution >= 0.6 is 7.52 Å². The molecule has 0 heterocycles. The van der Waals surface area contributed by atoms with E-state index in [0.717, 1.165) is 6.42 Å². The van der Waals surface area contributed by atoms with Crippen molar-refractivity contribution in [2.24, 2.45) is 0 Å². The largest absolute Gasteiger partial charge is 0.481 e. The predicted molar refractivity (Wildman–Crippen MR) is 61.0 cm³/mol. The molecule has 4 N–H and O–H groups in total. The lowest BCUT2D eigenvalue weighted by molar-refractivity contribution is -0.140. The molecule has 0 aromatic carbocycles. The summed E-state index contributed by atoms with van der Waals surface area (Å²) in [7, 11) is -3.70. The van der Waals surface area contributed by atoms with Gasteiger partial charge in [0.05, 0.1) is 0 Å². The van der Waals surface area contributed by atoms with Crippen LogP contribution in [0.2, 0.25) is 0 Å². The van der Waals surface area contributed by atoms with Crippen LogP contribution in [0.3, 0.4) is 0 Å². The van der Waals surface area contributed by atoms with E-state index in [0.29, 0.717) is 6.42 Å². The van der Waals surface area contributed by atoms with Gasteiger partial charge in [-0.05, 0) is 12.8 Å². The molecular weight excluding hydrogens is 249 g/mol. The Morgan fingerprint density at radius 1 is 1.35 bits per heavy atom. The molecule has 0 aromatic heterocycles. The summed E-state index contributed by atoms with van der Waals surface area (Å²) in [4.78, 5) is 30.6. The van der Waals surface area contributed by atoms with Crippen molar-refractivity contribution in [3.63, 3.8) is 0 Å². The first kappa shape index (κ1) is 16.1. The van der Waals surface area contributed by atoms with Crippen LogP contribution in [0.5, 0.6) is 0 Å². The van der Waals surface area contributed by atoms with E-state index in [1.807, 2.05) is 6.92 Å². The van der Waals surface area contributed by atoms with E-state index in [-0.39, 0.29) is 19.0 Å². The number of unbranched alkanes of at least 4 members (excludes halogenated alkanes) is 1. The van der Waals surface area contributed by atoms with Gasteiger partial charge in [0, 0.05) is 12.6 Å². The van der Waals surface area contributed by atoms with Gasteiger partial charge in [-0.25, -0.2) is 5.09 Å². The summed E-state index contributed by atoms with van der Waals surface area (Å²) in [6.07, 6.45) is 0.630. The molecule has 100 valence electrons. The van der Waals surface area contributed by atoms with Crippen LogP contribution in [0, 0.1) is 0 Å². The summed E-state index contributed by atoms with van der Waals surface area (Å²) in [5, 5.41) is 19.4. The molecule has 0 aliphatic heterocycles. The number of rotatable bonds is 9. The maximum atomic E-state index is 11.6. The molecule has 8 heteroatoms. The normalized spacial score (nSPS) is 16.1. The first-order chi connectivity index (χ1) is 7.78. The van der Waals surface area contributed by atoms with Gasteiger partial charge in [-0.3, -0.25) is 14.2 Å². The van der Waals surface area contributed by atoms with Gasteiger partial charge in [0.2, 0.25) is 0 Å². The van der Waals surface area contributed by atoms with Gasteiger partial charge in [-0.15, -0.1) is 0 Å². The quantitative estimate of drug-likeness (QED) is 0.457. The van der Waals surface area contributed by atoms with E-state index in [2.05, 4.69) is 5.09 Å². The number of nitrogens with one attached hydrogen (secondary N) is 1. The van der Waals surface area contributed by atoms with Crippen LogP contribution in [0.25, 0.3) is 0 Å². The summed E-state index contributed by atoms with van der Waals surface area (Å²) in [5.41, 5.74) is 0. The monoisotopic (exact) mass is 267 g/mol. The first-order valence-corrected chi connectivity index (χ1v) is 7.17. The Morgan fingerprint density at radius 3 is 2.35 bits per heavy atom. The van der Waals surface area contributed by atoms with Crippen molar-refractivity contribution in [1.29, 1.82) is 0 Å². The van der Waals surface area contributed by atoms with Crippen LogP contribution < -0.4 is 5.09 Å². The van der Waals surface area contributed by atoms with Crippen molar-refractivity contribution in [3.8, 4) is 0 Å². The van der Waals surface area contributed by atoms with Gasteiger partial charge >= 0.3 is 11.9 Å². The number of aliphatic carboxylic acids is 2. The average Bonchev–Trinajstić information content (AvgIpc) is 2.20. The molecule has 0 radical (unpaired) electrons. The van der Waals surface area contributed by atoms with Crippen molar-refractivity contribution >= 4 is 19.5 Å². The summed E-state index contributed by atoms with van der Waals surface area (Å²) >= 11 is 0. The van der Waals surface area contributed by atoms with Gasteiger partial charge in [0.1, 0.15) is 6.04 Å². The fraction of sp³-hybridized carbons (Fsp3) is 0.778. The number of hydrogen-bond acceptors (Lipinski definition) is 3. The van der Waals surface area contributed by atoms with Crippen LogP contribution in [-0.2, 0) is 14.2 Å². The van der Waals surface area contributed by atoms with Crippen molar-refractivity contribution in [3.05, 3.63) is 0 Å². The van der Waals surface area contributed by atoms with Gasteiger partial charge in [-0.1, -0.05) is 13.3 Å². The SMILES string of the molecule is CCCCP(=O)(O)N[C@@H](CCC(=O)O)C(=O)O. The second kappa shape index (κ2) is 7.42. The minimum absolute atomic E-state index is 0.0135. The minimum Gasteiger partial charge on any atom is -0.481 e. The topological polar surface area (TPSA) is 124 Å². The molecule has 0 saturated carbocycles. The third-order valence-corrected chi connectivity index (χ3v) is 3.75. The molecule has 0 spiro atoms. The van der Waals surface area contributed by atoms with E-state index >= 15 is 0 Å². The number of carboxylic acid groups (broad SMARTS) is 2. The zero-order valence-electron chi connectivity index (χ0n) is 9.63. The first-order valence-electron chi connectivity index (χ1n) is 5.32. The Kier molecular flexibility index (Phi) is 7.03. The molecule has 0 bridgehead atoms. The Morgan fingerprint density at radius 2 is 1.94 bits per heavy atom. The molecule has 0 saturated heterocycles. The molecule has 0 fully saturated rings. The zero-order chi connectivity index (χ0) is 13.5. The van der Waals surface area contributed by atoms with E-state index in [1.54, 1.807) is 0 Å². The Balaban J connectivity index is 4.37. The lowest BCUT2D eigenvalue weighted by Gasteiger charge is -2.18. The van der Waals surface area contributed by atoms with Crippen molar-refractivity contribution < 1.29 is 29.3 Å². The molecule has 0 aliphatic carbocycles. The van der Waals surface area contributed by atoms with E-state index in [4.69, 9.17) is 10.2 Å². The smallest absolute Gasteiger partial charge is 0.321 e. The van der Waals surface area contributed by atoms with Crippen molar-refractivity contribution in [2.45, 2.75) is 38.6 Å². The Bertz CT molecular complexity index is 319. The average molecular weight is 267 g/mol. The Labute approximate surface area is 99.3 Å². The third-order valence-electron chi connectivity index (χ3n) is 2.12. The van der Waals surface area contributed by atoms with Crippen molar-refractivity contribution in [2.75, 3.05) is 6.16 Å². The maximum absolute atomic E-state index is 11.6. The molecule has 0 amide bonds. The molecule has 2 atom stereocenters. The third kappa shape index (κ3) is 7.90. The van der Waals surface area contributed by atoms with Gasteiger partial charge in [-0.2, -0.15) is 0 Å². The zero-order valence-corrected chi connectivity index (χ0v) is 10.5. The predicted octanol–water partition coefficient (Wildman–Crippen LogP) is 0.880. The lowest BCUT2D eigenvalue weighted by atomic mass is 10.2. The standard InChI is InChI=1S/C9H18NO6P/c1-2-3-6-17(15,16)10-7(9(13)14)4-5-8(11)12/h7H,2-6H2,1H3,(H,11,12)(H,13,14)(H2,10,15,16)/t7-/m0/s1. The maximum Gasteiger partial charge on any atom is 0.321 e. The molecule has 7 nitrogen and oxygen atoms in total. The number of carbonyl (C=O) groups is 2. The fourth-order valence-corrected chi connectivity index (χ4v) is 2.79. The van der Waals surface area contributed by atoms with E-state index in [1.165, 1.54) is 0 Å². The summed E-state index contributed by atoms with van der Waals surface area (Å²) < 4.78 is 11.6. The van der Waals surface area contributed by atoms with Crippen LogP contribution in [0.15, 0.2) is 0 Å². The van der Waals surface area contributed by atoms with Gasteiger partial charge < -0.3 is 15.1 Å². The second-order valence-electron chi connectivity index (χ2n) is 3.73. The molecule has 0 rings (SSSR count). The highest BCUT2D eigenvalue weighted by Crippen LogP contribution is 2.37. The number of carboxylic acids is 2. The van der Waals surface area contributed by atoms with Crippen molar-refractivity contribution in [1.82, 2.24) is 5.09 Å². The molecular formula is C9H18NO6P. The highest BCUT2D eigenvalue weighted by atomic mass is 31.2. The lowest BCUT2D eigenvalue weighted by Crippen LogP contribution is -2.35. The van der Waals surface area contributed by atoms with Gasteiger partial charge in [0.15, 0.2) is 0 Å². The van der Waals surface area contributed by atoms with E-state index in [9.17, 15) is 19.0 Å². The summed E-state index contributed by atoms with van der Waals surface area (Å²) in [6.45, 7) is 1.85. The summed E-state index contributed by atoms with van der Waals surface area (Å²) in [5.74, 6) is -2.46. The highest BCUT2D eigenvalue weighted by molar-refractivity contribution is 7.55. The summed E-state index contributed by atoms with van der Waals surface area (Å²) in [6, 6.07) is -1.31. The fourth-order valence-electron chi connectivity index (χ4n) is 1.19. The minimum atomic E-state index is -3.70. The van der Waals surface area contributed by atoms with Gasteiger partial charge in [0.25, 0.3) is 7.52 Å². The second-order valence-corrected chi connectivity index (χ2v) is 5.84. The number of hydrogen-bond donors (Lipinski definition) is 4.